The van der Waals surface area contributed by atoms with E-state index in [4.69, 9.17) is 0 Å². The Morgan fingerprint density at radius 3 is 1.67 bits per heavy atom. The molecule has 24 heavy (non-hydrogen) atoms. The molecule has 9 rings (SSSR count). The van der Waals surface area contributed by atoms with Crippen LogP contribution in [-0.4, -0.2) is 22.3 Å². The lowest BCUT2D eigenvalue weighted by molar-refractivity contribution is -0.159. The van der Waals surface area contributed by atoms with Gasteiger partial charge in [0.25, 0.3) is 0 Å². The van der Waals surface area contributed by atoms with E-state index in [1.165, 1.54) is 25.7 Å². The molecular weight excluding hydrogens is 298 g/mol. The van der Waals surface area contributed by atoms with Crippen LogP contribution in [0.3, 0.4) is 0 Å². The number of allylic oxidation sites excluding steroid dienone is 2. The van der Waals surface area contributed by atoms with Gasteiger partial charge in [-0.05, 0) is 86.4 Å². The summed E-state index contributed by atoms with van der Waals surface area (Å²) < 4.78 is 0. The quantitative estimate of drug-likeness (QED) is 0.549. The molecule has 0 spiro atoms. The Morgan fingerprint density at radius 1 is 0.750 bits per heavy atom. The molecule has 1 saturated heterocycles. The largest absolute Gasteiger partial charge is 0.276 e. The number of amides is 2. The maximum absolute atomic E-state index is 13.5. The number of hydrogen-bond donors (Lipinski definition) is 0. The highest BCUT2D eigenvalue weighted by Crippen LogP contribution is 2.67. The van der Waals surface area contributed by atoms with Gasteiger partial charge in [-0.3, -0.25) is 14.5 Å². The summed E-state index contributed by atoms with van der Waals surface area (Å²) in [6.45, 7) is 0. The predicted molar refractivity (Wildman–Crippen MR) is 87.5 cm³/mol. The van der Waals surface area contributed by atoms with Crippen LogP contribution < -0.4 is 0 Å². The molecule has 0 aromatic rings. The Balaban J connectivity index is 1.32. The van der Waals surface area contributed by atoms with Crippen LogP contribution in [0.25, 0.3) is 0 Å². The first-order valence-corrected chi connectivity index (χ1v) is 10.2. The first-order valence-electron chi connectivity index (χ1n) is 10.2. The van der Waals surface area contributed by atoms with E-state index >= 15 is 0 Å². The molecule has 6 saturated carbocycles. The summed E-state index contributed by atoms with van der Waals surface area (Å²) in [7, 11) is 0. The van der Waals surface area contributed by atoms with E-state index in [9.17, 15) is 9.59 Å². The molecule has 0 radical (unpaired) electrons. The van der Waals surface area contributed by atoms with Crippen molar-refractivity contribution < 1.29 is 9.59 Å². The van der Waals surface area contributed by atoms with Crippen molar-refractivity contribution in [1.29, 1.82) is 0 Å². The summed E-state index contributed by atoms with van der Waals surface area (Å²) in [5.41, 5.74) is -0.0795. The van der Waals surface area contributed by atoms with Gasteiger partial charge in [-0.25, -0.2) is 0 Å². The number of rotatable bonds is 1. The van der Waals surface area contributed by atoms with Gasteiger partial charge in [0, 0.05) is 0 Å². The van der Waals surface area contributed by atoms with E-state index in [2.05, 4.69) is 12.2 Å². The lowest BCUT2D eigenvalue weighted by Gasteiger charge is -2.59. The fourth-order valence-electron chi connectivity index (χ4n) is 8.76. The number of imide groups is 1. The molecule has 3 heteroatoms. The second kappa shape index (κ2) is 3.83. The summed E-state index contributed by atoms with van der Waals surface area (Å²) in [5.74, 6) is 5.00. The van der Waals surface area contributed by atoms with Crippen molar-refractivity contribution in [3.05, 3.63) is 12.2 Å². The van der Waals surface area contributed by atoms with Crippen LogP contribution in [0.5, 0.6) is 0 Å². The summed E-state index contributed by atoms with van der Waals surface area (Å²) in [6, 6.07) is 0. The van der Waals surface area contributed by atoms with Crippen molar-refractivity contribution >= 4 is 11.8 Å². The number of likely N-dealkylation sites (tertiary alicyclic amines) is 1. The molecule has 6 bridgehead atoms. The molecule has 0 aromatic carbocycles. The van der Waals surface area contributed by atoms with Crippen LogP contribution in [0, 0.1) is 53.3 Å². The fraction of sp³-hybridized carbons (Fsp3) is 0.810. The average Bonchev–Trinajstić information content (AvgIpc) is 3.30. The summed E-state index contributed by atoms with van der Waals surface area (Å²) in [4.78, 5) is 28.9. The van der Waals surface area contributed by atoms with E-state index in [0.717, 1.165) is 37.0 Å². The third-order valence-corrected chi connectivity index (χ3v) is 9.14. The Labute approximate surface area is 142 Å². The van der Waals surface area contributed by atoms with Crippen molar-refractivity contribution in [2.45, 2.75) is 50.5 Å². The topological polar surface area (TPSA) is 37.4 Å². The zero-order valence-corrected chi connectivity index (χ0v) is 14.1. The van der Waals surface area contributed by atoms with Gasteiger partial charge in [0.05, 0.1) is 17.4 Å². The lowest BCUT2D eigenvalue weighted by atomic mass is 9.52. The van der Waals surface area contributed by atoms with Crippen molar-refractivity contribution in [1.82, 2.24) is 4.90 Å². The minimum Gasteiger partial charge on any atom is -0.276 e. The van der Waals surface area contributed by atoms with Crippen LogP contribution >= 0.6 is 0 Å². The van der Waals surface area contributed by atoms with Gasteiger partial charge in [-0.1, -0.05) is 12.2 Å². The van der Waals surface area contributed by atoms with E-state index in [1.807, 2.05) is 4.90 Å². The van der Waals surface area contributed by atoms with Gasteiger partial charge >= 0.3 is 0 Å². The van der Waals surface area contributed by atoms with Crippen molar-refractivity contribution in [2.24, 2.45) is 53.3 Å². The first-order chi connectivity index (χ1) is 11.6. The third kappa shape index (κ3) is 1.33. The monoisotopic (exact) mass is 323 g/mol. The molecule has 7 fully saturated rings. The van der Waals surface area contributed by atoms with Crippen LogP contribution in [0.15, 0.2) is 12.2 Å². The maximum atomic E-state index is 13.5. The van der Waals surface area contributed by atoms with E-state index in [1.54, 1.807) is 0 Å². The molecular formula is C21H25NO2. The van der Waals surface area contributed by atoms with Crippen LogP contribution in [0.4, 0.5) is 0 Å². The fourth-order valence-corrected chi connectivity index (χ4v) is 8.76. The van der Waals surface area contributed by atoms with Crippen LogP contribution in [0.2, 0.25) is 0 Å². The van der Waals surface area contributed by atoms with Crippen molar-refractivity contribution in [2.75, 3.05) is 0 Å². The highest BCUT2D eigenvalue weighted by molar-refractivity contribution is 6.07. The van der Waals surface area contributed by atoms with Gasteiger partial charge in [0.1, 0.15) is 0 Å². The highest BCUT2D eigenvalue weighted by Gasteiger charge is 2.70. The summed E-state index contributed by atoms with van der Waals surface area (Å²) in [6.07, 6.45) is 13.3. The molecule has 6 atom stereocenters. The Morgan fingerprint density at radius 2 is 1.21 bits per heavy atom. The van der Waals surface area contributed by atoms with Gasteiger partial charge in [0.2, 0.25) is 11.8 Å². The molecule has 1 heterocycles. The maximum Gasteiger partial charge on any atom is 0.234 e. The van der Waals surface area contributed by atoms with Crippen molar-refractivity contribution in [3.8, 4) is 0 Å². The zero-order valence-electron chi connectivity index (χ0n) is 14.1. The summed E-state index contributed by atoms with van der Waals surface area (Å²) >= 11 is 0. The third-order valence-electron chi connectivity index (χ3n) is 9.14. The second-order valence-electron chi connectivity index (χ2n) is 10.3. The van der Waals surface area contributed by atoms with Gasteiger partial charge in [-0.15, -0.1) is 0 Å². The van der Waals surface area contributed by atoms with Crippen LogP contribution in [0.1, 0.15) is 44.9 Å². The lowest BCUT2D eigenvalue weighted by Crippen LogP contribution is -2.62. The molecule has 9 aliphatic rings. The minimum absolute atomic E-state index is 0.00394. The Bertz CT molecular complexity index is 637. The van der Waals surface area contributed by atoms with E-state index in [-0.39, 0.29) is 29.2 Å². The highest BCUT2D eigenvalue weighted by atomic mass is 16.2. The minimum atomic E-state index is -0.0795. The summed E-state index contributed by atoms with van der Waals surface area (Å²) in [5, 5.41) is 0. The Kier molecular flexibility index (Phi) is 2.10. The molecule has 1 aliphatic heterocycles. The molecule has 2 amide bonds. The molecule has 0 aromatic heterocycles. The molecule has 0 N–H and O–H groups in total. The molecule has 3 nitrogen and oxygen atoms in total. The number of nitrogens with zero attached hydrogens (tertiary/aromatic N) is 1. The van der Waals surface area contributed by atoms with Gasteiger partial charge in [0.15, 0.2) is 0 Å². The standard InChI is InChI=1S/C21H25NO2/c23-19-17-13-1-2-14(16-6-15(13)16)18(17)20(24)22(19)21-7-10-3-11(8-21)5-12(4-10)9-21/h1-2,10-18H,3-9H2/t10?,11?,12?,13-,14+,15-,16-,17+,18-,21?/m1/s1. The normalized spacial score (nSPS) is 61.5. The molecule has 126 valence electrons. The smallest absolute Gasteiger partial charge is 0.234 e. The predicted octanol–water partition coefficient (Wildman–Crippen LogP) is 3.01. The van der Waals surface area contributed by atoms with Crippen molar-refractivity contribution in [3.63, 3.8) is 0 Å². The van der Waals surface area contributed by atoms with E-state index < -0.39 is 0 Å². The van der Waals surface area contributed by atoms with Gasteiger partial charge < -0.3 is 0 Å². The average molecular weight is 323 g/mol. The number of carbonyl (C=O) groups excluding carboxylic acids is 2. The zero-order chi connectivity index (χ0) is 15.8. The first kappa shape index (κ1) is 13.1. The molecule has 8 aliphatic carbocycles. The number of hydrogen-bond acceptors (Lipinski definition) is 2. The molecule has 0 unspecified atom stereocenters. The number of carbonyl (C=O) groups is 2. The van der Waals surface area contributed by atoms with Crippen LogP contribution in [-0.2, 0) is 9.59 Å². The van der Waals surface area contributed by atoms with Gasteiger partial charge in [-0.2, -0.15) is 0 Å². The Hall–Kier alpha value is -1.12. The SMILES string of the molecule is O=C1[C@@H]2[C@H]3C=C[C@H]([C@H]4C[C@H]34)[C@@H]2C(=O)N1C12CC3CC(CC(C3)C1)C2. The second-order valence-corrected chi connectivity index (χ2v) is 10.3. The van der Waals surface area contributed by atoms with E-state index in [0.29, 0.717) is 23.7 Å².